The van der Waals surface area contributed by atoms with Gasteiger partial charge in [0.25, 0.3) is 0 Å². The van der Waals surface area contributed by atoms with Crippen LogP contribution in [0.1, 0.15) is 13.3 Å². The van der Waals surface area contributed by atoms with E-state index in [0.29, 0.717) is 5.92 Å². The minimum Gasteiger partial charge on any atom is -0.308 e. The summed E-state index contributed by atoms with van der Waals surface area (Å²) in [6, 6.07) is 53.3. The van der Waals surface area contributed by atoms with Crippen molar-refractivity contribution in [3.63, 3.8) is 0 Å². The van der Waals surface area contributed by atoms with Crippen molar-refractivity contribution in [2.75, 3.05) is 0 Å². The molecule has 3 nitrogen and oxygen atoms in total. The topological polar surface area (TPSA) is 30.7 Å². The lowest BCUT2D eigenvalue weighted by atomic mass is 9.84. The molecule has 0 N–H and O–H groups in total. The third-order valence-electron chi connectivity index (χ3n) is 11.6. The Balaban J connectivity index is 1.04. The highest BCUT2D eigenvalue weighted by molar-refractivity contribution is 6.23. The monoisotopic (exact) mass is 715 g/mol. The zero-order chi connectivity index (χ0) is 37.2. The van der Waals surface area contributed by atoms with Crippen LogP contribution in [-0.2, 0) is 0 Å². The van der Waals surface area contributed by atoms with E-state index in [1.807, 2.05) is 24.8 Å². The Morgan fingerprint density at radius 1 is 0.482 bits per heavy atom. The van der Waals surface area contributed by atoms with E-state index in [1.165, 1.54) is 82.1 Å². The summed E-state index contributed by atoms with van der Waals surface area (Å²) in [5.74, 6) is 0.501. The van der Waals surface area contributed by atoms with E-state index in [1.54, 1.807) is 0 Å². The Morgan fingerprint density at radius 3 is 1.91 bits per heavy atom. The highest BCUT2D eigenvalue weighted by Gasteiger charge is 2.19. The van der Waals surface area contributed by atoms with Crippen LogP contribution in [0.25, 0.3) is 104 Å². The highest BCUT2D eigenvalue weighted by atomic mass is 15.0. The van der Waals surface area contributed by atoms with Crippen LogP contribution in [0.15, 0.2) is 189 Å². The van der Waals surface area contributed by atoms with E-state index >= 15 is 0 Å². The molecule has 0 amide bonds. The number of fused-ring (bicyclic) bond motifs is 6. The van der Waals surface area contributed by atoms with Gasteiger partial charge in [0.05, 0.1) is 17.2 Å². The molecule has 264 valence electrons. The standard InChI is InChI=1S/C53H37N3/c1-34-11-8-16-41(27-34)56-50-24-23-38(30-49(50)43-25-26-54-33-51(43)56)36-14-9-15-37(28-36)39-29-40(32-55-31-39)52-45-18-4-6-20-47(45)53(48-21-7-5-19-46(48)52)44-22-10-13-35-12-2-3-17-42(35)44/h2-10,12-34H,11H2,1H3. The molecule has 0 aliphatic heterocycles. The molecular weight excluding hydrogens is 679 g/mol. The minimum atomic E-state index is 0.501. The number of allylic oxidation sites excluding steroid dienone is 4. The first-order valence-corrected chi connectivity index (χ1v) is 19.4. The summed E-state index contributed by atoms with van der Waals surface area (Å²) in [7, 11) is 0. The van der Waals surface area contributed by atoms with E-state index < -0.39 is 0 Å². The third-order valence-corrected chi connectivity index (χ3v) is 11.6. The SMILES string of the molecule is CC1C=C(n2c3ccc(-c4cccc(-c5cncc(-c6c7ccccc7c(-c7cccc8ccccc78)c7ccccc67)c5)c4)cc3c3ccncc32)C=CC1. The van der Waals surface area contributed by atoms with Crippen molar-refractivity contribution in [2.24, 2.45) is 5.92 Å². The van der Waals surface area contributed by atoms with Gasteiger partial charge >= 0.3 is 0 Å². The molecule has 56 heavy (non-hydrogen) atoms. The van der Waals surface area contributed by atoms with Gasteiger partial charge in [0.15, 0.2) is 0 Å². The summed E-state index contributed by atoms with van der Waals surface area (Å²) in [6.45, 7) is 2.28. The molecule has 1 unspecified atom stereocenters. The second-order valence-electron chi connectivity index (χ2n) is 15.1. The van der Waals surface area contributed by atoms with Crippen molar-refractivity contribution in [1.29, 1.82) is 0 Å². The molecule has 3 heterocycles. The molecule has 1 aliphatic rings. The second kappa shape index (κ2) is 13.0. The van der Waals surface area contributed by atoms with Crippen LogP contribution < -0.4 is 0 Å². The van der Waals surface area contributed by atoms with Crippen LogP contribution in [-0.4, -0.2) is 14.5 Å². The van der Waals surface area contributed by atoms with Crippen LogP contribution in [0.4, 0.5) is 0 Å². The van der Waals surface area contributed by atoms with Crippen molar-refractivity contribution in [1.82, 2.24) is 14.5 Å². The summed E-state index contributed by atoms with van der Waals surface area (Å²) in [4.78, 5) is 9.40. The number of benzene rings is 7. The van der Waals surface area contributed by atoms with Crippen molar-refractivity contribution in [3.05, 3.63) is 189 Å². The summed E-state index contributed by atoms with van der Waals surface area (Å²) in [6.07, 6.45) is 15.9. The zero-order valence-corrected chi connectivity index (χ0v) is 31.0. The van der Waals surface area contributed by atoms with Gasteiger partial charge in [-0.2, -0.15) is 0 Å². The van der Waals surface area contributed by atoms with Crippen molar-refractivity contribution >= 4 is 59.8 Å². The summed E-state index contributed by atoms with van der Waals surface area (Å²) < 4.78 is 2.36. The van der Waals surface area contributed by atoms with Gasteiger partial charge in [0, 0.05) is 46.2 Å². The minimum absolute atomic E-state index is 0.501. The Morgan fingerprint density at radius 2 is 1.12 bits per heavy atom. The maximum Gasteiger partial charge on any atom is 0.0724 e. The lowest BCUT2D eigenvalue weighted by molar-refractivity contribution is 0.735. The van der Waals surface area contributed by atoms with Gasteiger partial charge in [-0.05, 0) is 114 Å². The van der Waals surface area contributed by atoms with Gasteiger partial charge < -0.3 is 4.57 Å². The fourth-order valence-corrected chi connectivity index (χ4v) is 9.08. The molecule has 3 heteroatoms. The molecule has 11 rings (SSSR count). The van der Waals surface area contributed by atoms with Crippen LogP contribution in [0.2, 0.25) is 0 Å². The van der Waals surface area contributed by atoms with Crippen molar-refractivity contribution < 1.29 is 0 Å². The molecule has 1 aliphatic carbocycles. The Hall–Kier alpha value is -7.10. The van der Waals surface area contributed by atoms with Crippen LogP contribution in [0.3, 0.4) is 0 Å². The molecule has 0 saturated heterocycles. The molecule has 0 radical (unpaired) electrons. The number of nitrogens with zero attached hydrogens (tertiary/aromatic N) is 3. The molecule has 7 aromatic carbocycles. The van der Waals surface area contributed by atoms with Crippen LogP contribution in [0.5, 0.6) is 0 Å². The fourth-order valence-electron chi connectivity index (χ4n) is 9.08. The molecule has 10 aromatic rings. The Kier molecular flexibility index (Phi) is 7.53. The number of rotatable bonds is 5. The van der Waals surface area contributed by atoms with Gasteiger partial charge in [-0.25, -0.2) is 0 Å². The first-order chi connectivity index (χ1) is 27.7. The number of hydrogen-bond donors (Lipinski definition) is 0. The number of pyridine rings is 2. The molecule has 0 saturated carbocycles. The maximum absolute atomic E-state index is 4.88. The van der Waals surface area contributed by atoms with Crippen LogP contribution in [0, 0.1) is 5.92 Å². The van der Waals surface area contributed by atoms with Gasteiger partial charge in [-0.1, -0.05) is 134 Å². The van der Waals surface area contributed by atoms with E-state index in [4.69, 9.17) is 4.98 Å². The van der Waals surface area contributed by atoms with Gasteiger partial charge in [0.2, 0.25) is 0 Å². The lowest BCUT2D eigenvalue weighted by Crippen LogP contribution is -2.01. The Labute approximate surface area is 325 Å². The van der Waals surface area contributed by atoms with Crippen LogP contribution >= 0.6 is 0 Å². The normalized spacial score (nSPS) is 14.3. The Bertz CT molecular complexity index is 3190. The smallest absolute Gasteiger partial charge is 0.0724 e. The average molecular weight is 716 g/mol. The van der Waals surface area contributed by atoms with Gasteiger partial charge in [-0.3, -0.25) is 9.97 Å². The maximum atomic E-state index is 4.88. The predicted molar refractivity (Wildman–Crippen MR) is 236 cm³/mol. The third kappa shape index (κ3) is 5.20. The largest absolute Gasteiger partial charge is 0.308 e. The summed E-state index contributed by atoms with van der Waals surface area (Å²) in [5, 5.41) is 9.87. The quantitative estimate of drug-likeness (QED) is 0.166. The molecule has 0 fully saturated rings. The number of aromatic nitrogens is 3. The molecule has 0 bridgehead atoms. The van der Waals surface area contributed by atoms with E-state index in [9.17, 15) is 0 Å². The summed E-state index contributed by atoms with van der Waals surface area (Å²) in [5.41, 5.74) is 12.9. The number of hydrogen-bond acceptors (Lipinski definition) is 2. The molecule has 0 spiro atoms. The van der Waals surface area contributed by atoms with E-state index in [-0.39, 0.29) is 0 Å². The first-order valence-electron chi connectivity index (χ1n) is 19.4. The highest BCUT2D eigenvalue weighted by Crippen LogP contribution is 2.46. The molecular formula is C53H37N3. The summed E-state index contributed by atoms with van der Waals surface area (Å²) >= 11 is 0. The van der Waals surface area contributed by atoms with Crippen molar-refractivity contribution in [3.8, 4) is 44.5 Å². The van der Waals surface area contributed by atoms with E-state index in [2.05, 4.69) is 180 Å². The van der Waals surface area contributed by atoms with E-state index in [0.717, 1.165) is 28.6 Å². The zero-order valence-electron chi connectivity index (χ0n) is 31.0. The van der Waals surface area contributed by atoms with Crippen molar-refractivity contribution in [2.45, 2.75) is 13.3 Å². The van der Waals surface area contributed by atoms with Gasteiger partial charge in [-0.15, -0.1) is 0 Å². The average Bonchev–Trinajstić information content (AvgIpc) is 3.59. The lowest BCUT2D eigenvalue weighted by Gasteiger charge is -2.19. The first kappa shape index (κ1) is 32.3. The predicted octanol–water partition coefficient (Wildman–Crippen LogP) is 14.1. The van der Waals surface area contributed by atoms with Gasteiger partial charge in [0.1, 0.15) is 0 Å². The molecule has 1 atom stereocenters. The fraction of sp³-hybridized carbons (Fsp3) is 0.0566. The second-order valence-corrected chi connectivity index (χ2v) is 15.1. The molecule has 3 aromatic heterocycles.